The molecule has 0 radical (unpaired) electrons. The zero-order chi connectivity index (χ0) is 17.3. The molecule has 0 spiro atoms. The fourth-order valence-corrected chi connectivity index (χ4v) is 2.56. The van der Waals surface area contributed by atoms with Crippen molar-refractivity contribution >= 4 is 39.9 Å². The Morgan fingerprint density at radius 3 is 2.58 bits per heavy atom. The van der Waals surface area contributed by atoms with E-state index in [0.29, 0.717) is 22.7 Å². The van der Waals surface area contributed by atoms with Gasteiger partial charge in [0, 0.05) is 23.0 Å². The maximum atomic E-state index is 13.4. The molecule has 122 valence electrons. The molecule has 3 N–H and O–H groups in total. The Morgan fingerprint density at radius 2 is 1.96 bits per heavy atom. The first-order valence-electron chi connectivity index (χ1n) is 7.12. The highest BCUT2D eigenvalue weighted by molar-refractivity contribution is 6.17. The zero-order valence-electron chi connectivity index (χ0n) is 12.6. The minimum Gasteiger partial charge on any atom is -0.449 e. The van der Waals surface area contributed by atoms with Gasteiger partial charge in [-0.25, -0.2) is 4.39 Å². The van der Waals surface area contributed by atoms with Crippen LogP contribution in [0.25, 0.3) is 16.7 Å². The highest BCUT2D eigenvalue weighted by Gasteiger charge is 2.19. The minimum atomic E-state index is -0.751. The molecule has 24 heavy (non-hydrogen) atoms. The van der Waals surface area contributed by atoms with Gasteiger partial charge in [0.15, 0.2) is 0 Å². The van der Waals surface area contributed by atoms with E-state index in [1.165, 1.54) is 18.2 Å². The van der Waals surface area contributed by atoms with Gasteiger partial charge in [0.05, 0.1) is 5.69 Å². The predicted molar refractivity (Wildman–Crippen MR) is 93.3 cm³/mol. The van der Waals surface area contributed by atoms with Crippen molar-refractivity contribution in [2.24, 2.45) is 5.73 Å². The zero-order valence-corrected chi connectivity index (χ0v) is 13.4. The normalized spacial score (nSPS) is 10.8. The van der Waals surface area contributed by atoms with Gasteiger partial charge in [0.2, 0.25) is 5.76 Å². The molecule has 0 bridgehead atoms. The lowest BCUT2D eigenvalue weighted by molar-refractivity contribution is 0.0977. The third-order valence-electron chi connectivity index (χ3n) is 3.61. The molecule has 3 rings (SSSR count). The largest absolute Gasteiger partial charge is 0.449 e. The summed E-state index contributed by atoms with van der Waals surface area (Å²) in [6.07, 6.45) is 0. The lowest BCUT2D eigenvalue weighted by atomic mass is 10.1. The summed E-state index contributed by atoms with van der Waals surface area (Å²) in [5.74, 6) is -0.868. The number of benzene rings is 2. The summed E-state index contributed by atoms with van der Waals surface area (Å²) in [4.78, 5) is 11.6. The van der Waals surface area contributed by atoms with Crippen molar-refractivity contribution in [3.63, 3.8) is 0 Å². The Bertz CT molecular complexity index is 932. The van der Waals surface area contributed by atoms with Gasteiger partial charge in [-0.1, -0.05) is 30.8 Å². The van der Waals surface area contributed by atoms with E-state index in [-0.39, 0.29) is 11.3 Å². The molecule has 0 saturated carbocycles. The molecule has 0 aliphatic rings. The quantitative estimate of drug-likeness (QED) is 0.670. The number of carbonyl (C=O) groups is 1. The van der Waals surface area contributed by atoms with E-state index in [0.717, 1.165) is 11.1 Å². The van der Waals surface area contributed by atoms with Crippen LogP contribution in [0.1, 0.15) is 21.7 Å². The molecule has 0 atom stereocenters. The summed E-state index contributed by atoms with van der Waals surface area (Å²) >= 11 is 5.78. The second-order valence-corrected chi connectivity index (χ2v) is 5.51. The fourth-order valence-electron chi connectivity index (χ4n) is 2.39. The Hall–Kier alpha value is -2.79. The average Bonchev–Trinajstić information content (AvgIpc) is 2.92. The van der Waals surface area contributed by atoms with E-state index < -0.39 is 11.7 Å². The van der Waals surface area contributed by atoms with Gasteiger partial charge in [0.25, 0.3) is 5.91 Å². The highest BCUT2D eigenvalue weighted by atomic mass is 35.5. The number of nitrogens with one attached hydrogen (secondary N) is 1. The van der Waals surface area contributed by atoms with Crippen LogP contribution >= 0.6 is 11.6 Å². The van der Waals surface area contributed by atoms with Gasteiger partial charge < -0.3 is 15.5 Å². The van der Waals surface area contributed by atoms with E-state index in [9.17, 15) is 9.18 Å². The van der Waals surface area contributed by atoms with E-state index in [2.05, 4.69) is 11.9 Å². The molecule has 1 aromatic heterocycles. The van der Waals surface area contributed by atoms with Gasteiger partial charge >= 0.3 is 0 Å². The van der Waals surface area contributed by atoms with Crippen molar-refractivity contribution < 1.29 is 13.6 Å². The summed E-state index contributed by atoms with van der Waals surface area (Å²) in [6.45, 7) is 3.97. The SMILES string of the molecule is C=C(Nc1c(C(N)=O)oc2cc(F)ccc12)c1ccc(CCl)cc1. The second-order valence-electron chi connectivity index (χ2n) is 5.25. The van der Waals surface area contributed by atoms with Crippen LogP contribution in [-0.2, 0) is 5.88 Å². The van der Waals surface area contributed by atoms with Crippen LogP contribution in [0.5, 0.6) is 0 Å². The second kappa shape index (κ2) is 6.37. The van der Waals surface area contributed by atoms with Crippen LogP contribution in [-0.4, -0.2) is 5.91 Å². The predicted octanol–water partition coefficient (Wildman–Crippen LogP) is 4.49. The molecule has 0 unspecified atom stereocenters. The number of primary amides is 1. The lowest BCUT2D eigenvalue weighted by Gasteiger charge is -2.10. The number of rotatable bonds is 5. The highest BCUT2D eigenvalue weighted by Crippen LogP contribution is 2.33. The maximum absolute atomic E-state index is 13.4. The van der Waals surface area contributed by atoms with E-state index in [4.69, 9.17) is 21.8 Å². The van der Waals surface area contributed by atoms with E-state index in [1.54, 1.807) is 0 Å². The Balaban J connectivity index is 2.00. The molecule has 0 saturated heterocycles. The van der Waals surface area contributed by atoms with E-state index >= 15 is 0 Å². The number of carbonyl (C=O) groups excluding carboxylic acids is 1. The van der Waals surface area contributed by atoms with Crippen molar-refractivity contribution in [2.45, 2.75) is 5.88 Å². The summed E-state index contributed by atoms with van der Waals surface area (Å²) in [7, 11) is 0. The molecule has 6 heteroatoms. The van der Waals surface area contributed by atoms with Gasteiger partial charge in [-0.2, -0.15) is 0 Å². The number of nitrogens with two attached hydrogens (primary N) is 1. The smallest absolute Gasteiger partial charge is 0.286 e. The number of amides is 1. The van der Waals surface area contributed by atoms with Crippen LogP contribution < -0.4 is 11.1 Å². The number of alkyl halides is 1. The molecule has 3 aromatic rings. The minimum absolute atomic E-state index is 0.0749. The van der Waals surface area contributed by atoms with Crippen molar-refractivity contribution in [2.75, 3.05) is 5.32 Å². The number of fused-ring (bicyclic) bond motifs is 1. The first kappa shape index (κ1) is 16.1. The van der Waals surface area contributed by atoms with Crippen LogP contribution in [0.15, 0.2) is 53.5 Å². The van der Waals surface area contributed by atoms with Crippen LogP contribution in [0.2, 0.25) is 0 Å². The standard InChI is InChI=1S/C18H14ClFN2O2/c1-10(12-4-2-11(9-19)3-5-12)22-16-14-7-6-13(20)8-15(14)24-17(16)18(21)23/h2-8,22H,1,9H2,(H2,21,23). The van der Waals surface area contributed by atoms with Gasteiger partial charge in [-0.05, 0) is 23.3 Å². The first-order valence-corrected chi connectivity index (χ1v) is 7.66. The number of furan rings is 1. The first-order chi connectivity index (χ1) is 11.5. The molecular formula is C18H14ClFN2O2. The molecule has 1 heterocycles. The van der Waals surface area contributed by atoms with Gasteiger partial charge in [0.1, 0.15) is 11.4 Å². The molecular weight excluding hydrogens is 331 g/mol. The monoisotopic (exact) mass is 344 g/mol. The molecule has 0 fully saturated rings. The number of anilines is 1. The molecule has 0 aliphatic heterocycles. The topological polar surface area (TPSA) is 68.3 Å². The fraction of sp³-hybridized carbons (Fsp3) is 0.0556. The van der Waals surface area contributed by atoms with Crippen LogP contribution in [0.4, 0.5) is 10.1 Å². The van der Waals surface area contributed by atoms with Crippen molar-refractivity contribution in [3.8, 4) is 0 Å². The summed E-state index contributed by atoms with van der Waals surface area (Å²) < 4.78 is 18.7. The summed E-state index contributed by atoms with van der Waals surface area (Å²) in [5, 5.41) is 3.59. The third kappa shape index (κ3) is 2.98. The number of hydrogen-bond acceptors (Lipinski definition) is 3. The van der Waals surface area contributed by atoms with Crippen LogP contribution in [0, 0.1) is 5.82 Å². The lowest BCUT2D eigenvalue weighted by Crippen LogP contribution is -2.12. The molecule has 4 nitrogen and oxygen atoms in total. The van der Waals surface area contributed by atoms with Crippen molar-refractivity contribution in [1.29, 1.82) is 0 Å². The van der Waals surface area contributed by atoms with E-state index in [1.807, 2.05) is 24.3 Å². The molecule has 1 amide bonds. The Morgan fingerprint density at radius 1 is 1.25 bits per heavy atom. The summed E-state index contributed by atoms with van der Waals surface area (Å²) in [6, 6.07) is 11.5. The summed E-state index contributed by atoms with van der Waals surface area (Å²) in [5.41, 5.74) is 8.30. The van der Waals surface area contributed by atoms with Gasteiger partial charge in [-0.15, -0.1) is 11.6 Å². The Labute approximate surface area is 142 Å². The number of hydrogen-bond donors (Lipinski definition) is 2. The van der Waals surface area contributed by atoms with Crippen molar-refractivity contribution in [3.05, 3.63) is 71.7 Å². The third-order valence-corrected chi connectivity index (χ3v) is 3.92. The number of halogens is 2. The van der Waals surface area contributed by atoms with Gasteiger partial charge in [-0.3, -0.25) is 4.79 Å². The molecule has 0 aliphatic carbocycles. The van der Waals surface area contributed by atoms with Crippen molar-refractivity contribution in [1.82, 2.24) is 0 Å². The Kier molecular flexibility index (Phi) is 4.27. The average molecular weight is 345 g/mol. The maximum Gasteiger partial charge on any atom is 0.286 e. The molecule has 2 aromatic carbocycles. The van der Waals surface area contributed by atoms with Crippen LogP contribution in [0.3, 0.4) is 0 Å².